The molecule has 0 aliphatic carbocycles. The van der Waals surface area contributed by atoms with Crippen LogP contribution in [0, 0.1) is 17.5 Å². The number of nitrogens with zero attached hydrogens (tertiary/aromatic N) is 2. The smallest absolute Gasteiger partial charge is 0.261 e. The Morgan fingerprint density at radius 2 is 1.69 bits per heavy atom. The molecule has 0 saturated heterocycles. The highest BCUT2D eigenvalue weighted by molar-refractivity contribution is 6.04. The molecule has 0 aliphatic heterocycles. The van der Waals surface area contributed by atoms with Crippen molar-refractivity contribution < 1.29 is 22.7 Å². The van der Waals surface area contributed by atoms with Gasteiger partial charge < -0.3 is 15.0 Å². The Labute approximate surface area is 203 Å². The lowest BCUT2D eigenvalue weighted by Gasteiger charge is -2.10. The summed E-state index contributed by atoms with van der Waals surface area (Å²) in [6.07, 6.45) is 4.89. The molecule has 3 heterocycles. The molecular formula is C25H16ClF3N4O2. The Kier molecular flexibility index (Phi) is 6.70. The number of hydrogen-bond acceptors (Lipinski definition) is 4. The SMILES string of the molecule is Cl.O=C(Nc1ccc(Oc2ccnc3[nH]c(-c4cccnc4)cc23)c(F)c1)c1c(F)cccc1F. The molecule has 3 aromatic heterocycles. The van der Waals surface area contributed by atoms with Crippen molar-refractivity contribution in [2.45, 2.75) is 0 Å². The Hall–Kier alpha value is -4.37. The summed E-state index contributed by atoms with van der Waals surface area (Å²) in [7, 11) is 0. The van der Waals surface area contributed by atoms with Crippen LogP contribution < -0.4 is 10.1 Å². The van der Waals surface area contributed by atoms with Gasteiger partial charge in [-0.15, -0.1) is 12.4 Å². The van der Waals surface area contributed by atoms with Crippen molar-refractivity contribution in [1.82, 2.24) is 15.0 Å². The summed E-state index contributed by atoms with van der Waals surface area (Å²) in [6.45, 7) is 0. The van der Waals surface area contributed by atoms with Crippen molar-refractivity contribution >= 4 is 35.0 Å². The van der Waals surface area contributed by atoms with Gasteiger partial charge in [0.1, 0.15) is 28.6 Å². The summed E-state index contributed by atoms with van der Waals surface area (Å²) in [6, 6.07) is 13.9. The molecule has 0 bridgehead atoms. The van der Waals surface area contributed by atoms with E-state index in [1.807, 2.05) is 18.2 Å². The maximum atomic E-state index is 14.8. The Morgan fingerprint density at radius 1 is 0.886 bits per heavy atom. The minimum absolute atomic E-state index is 0. The fourth-order valence-corrected chi connectivity index (χ4v) is 3.46. The molecule has 0 fully saturated rings. The molecule has 1 amide bonds. The quantitative estimate of drug-likeness (QED) is 0.291. The van der Waals surface area contributed by atoms with Crippen LogP contribution in [0.4, 0.5) is 18.9 Å². The van der Waals surface area contributed by atoms with E-state index in [0.717, 1.165) is 35.5 Å². The van der Waals surface area contributed by atoms with E-state index in [-0.39, 0.29) is 23.8 Å². The second-order valence-electron chi connectivity index (χ2n) is 7.29. The number of hydrogen-bond donors (Lipinski definition) is 2. The lowest BCUT2D eigenvalue weighted by molar-refractivity contribution is 0.101. The molecule has 0 aliphatic rings. The van der Waals surface area contributed by atoms with Gasteiger partial charge >= 0.3 is 0 Å². The largest absolute Gasteiger partial charge is 0.453 e. The second kappa shape index (κ2) is 9.86. The van der Waals surface area contributed by atoms with Crippen LogP contribution in [0.5, 0.6) is 11.5 Å². The Balaban J connectivity index is 0.00000289. The number of carbonyl (C=O) groups excluding carboxylic acids is 1. The second-order valence-corrected chi connectivity index (χ2v) is 7.29. The first-order valence-corrected chi connectivity index (χ1v) is 10.1. The zero-order chi connectivity index (χ0) is 23.7. The standard InChI is InChI=1S/C25H15F3N4O2.ClH/c26-17-4-1-5-18(27)23(17)25(33)31-15-6-7-22(19(28)11-15)34-21-8-10-30-24-16(21)12-20(32-24)14-3-2-9-29-13-14;/h1-13H,(H,30,32)(H,31,33);1H. The van der Waals surface area contributed by atoms with E-state index >= 15 is 0 Å². The van der Waals surface area contributed by atoms with E-state index in [0.29, 0.717) is 16.8 Å². The Bertz CT molecular complexity index is 1510. The fraction of sp³-hybridized carbons (Fsp3) is 0. The van der Waals surface area contributed by atoms with Crippen LogP contribution in [0.15, 0.2) is 79.3 Å². The maximum absolute atomic E-state index is 14.8. The lowest BCUT2D eigenvalue weighted by atomic mass is 10.1. The number of amides is 1. The van der Waals surface area contributed by atoms with Crippen LogP contribution in [-0.4, -0.2) is 20.9 Å². The van der Waals surface area contributed by atoms with Crippen LogP contribution in [0.3, 0.4) is 0 Å². The van der Waals surface area contributed by atoms with E-state index in [4.69, 9.17) is 4.74 Å². The number of aromatic amines is 1. The normalized spacial score (nSPS) is 10.6. The molecule has 2 aromatic carbocycles. The number of benzene rings is 2. The third-order valence-electron chi connectivity index (χ3n) is 5.06. The van der Waals surface area contributed by atoms with Crippen LogP contribution in [0.2, 0.25) is 0 Å². The highest BCUT2D eigenvalue weighted by Gasteiger charge is 2.18. The van der Waals surface area contributed by atoms with Crippen LogP contribution >= 0.6 is 12.4 Å². The van der Waals surface area contributed by atoms with Gasteiger partial charge in [-0.3, -0.25) is 9.78 Å². The molecule has 0 saturated carbocycles. The minimum atomic E-state index is -1.03. The average molecular weight is 497 g/mol. The van der Waals surface area contributed by atoms with Crippen LogP contribution in [0.1, 0.15) is 10.4 Å². The van der Waals surface area contributed by atoms with Gasteiger partial charge in [-0.05, 0) is 48.5 Å². The number of rotatable bonds is 5. The lowest BCUT2D eigenvalue weighted by Crippen LogP contribution is -2.15. The molecule has 6 nitrogen and oxygen atoms in total. The topological polar surface area (TPSA) is 79.9 Å². The fourth-order valence-electron chi connectivity index (χ4n) is 3.46. The molecule has 0 radical (unpaired) electrons. The van der Waals surface area contributed by atoms with Gasteiger partial charge in [0.05, 0.1) is 5.39 Å². The zero-order valence-electron chi connectivity index (χ0n) is 17.8. The number of fused-ring (bicyclic) bond motifs is 1. The summed E-state index contributed by atoms with van der Waals surface area (Å²) in [5, 5.41) is 2.92. The highest BCUT2D eigenvalue weighted by atomic mass is 35.5. The number of anilines is 1. The number of nitrogens with one attached hydrogen (secondary N) is 2. The van der Waals surface area contributed by atoms with Gasteiger partial charge in [-0.25, -0.2) is 18.2 Å². The van der Waals surface area contributed by atoms with Crippen LogP contribution in [0.25, 0.3) is 22.3 Å². The average Bonchev–Trinajstić information content (AvgIpc) is 3.27. The predicted molar refractivity (Wildman–Crippen MR) is 127 cm³/mol. The molecule has 5 rings (SSSR count). The number of halogens is 4. The molecule has 0 atom stereocenters. The van der Waals surface area contributed by atoms with Gasteiger partial charge in [-0.2, -0.15) is 0 Å². The first-order chi connectivity index (χ1) is 16.5. The van der Waals surface area contributed by atoms with E-state index in [1.54, 1.807) is 18.5 Å². The zero-order valence-corrected chi connectivity index (χ0v) is 18.6. The van der Waals surface area contributed by atoms with Gasteiger partial charge in [0.25, 0.3) is 5.91 Å². The number of ether oxygens (including phenoxy) is 1. The van der Waals surface area contributed by atoms with Gasteiger partial charge in [0, 0.05) is 41.6 Å². The Morgan fingerprint density at radius 3 is 2.40 bits per heavy atom. The molecule has 5 aromatic rings. The van der Waals surface area contributed by atoms with Crippen molar-refractivity contribution in [1.29, 1.82) is 0 Å². The third-order valence-corrected chi connectivity index (χ3v) is 5.06. The predicted octanol–water partition coefficient (Wildman–Crippen LogP) is 6.51. The van der Waals surface area contributed by atoms with Crippen molar-refractivity contribution in [2.24, 2.45) is 0 Å². The third kappa shape index (κ3) is 4.80. The summed E-state index contributed by atoms with van der Waals surface area (Å²) in [5.74, 6) is -3.59. The summed E-state index contributed by atoms with van der Waals surface area (Å²) in [5.41, 5.74) is 1.43. The maximum Gasteiger partial charge on any atom is 0.261 e. The van der Waals surface area contributed by atoms with E-state index in [9.17, 15) is 18.0 Å². The first-order valence-electron chi connectivity index (χ1n) is 10.1. The number of pyridine rings is 2. The van der Waals surface area contributed by atoms with Gasteiger partial charge in [0.15, 0.2) is 11.6 Å². The molecule has 2 N–H and O–H groups in total. The summed E-state index contributed by atoms with van der Waals surface area (Å²) < 4.78 is 48.2. The molecule has 10 heteroatoms. The van der Waals surface area contributed by atoms with Crippen molar-refractivity contribution in [2.75, 3.05) is 5.32 Å². The highest BCUT2D eigenvalue weighted by Crippen LogP contribution is 2.34. The number of H-pyrrole nitrogens is 1. The molecular weight excluding hydrogens is 481 g/mol. The van der Waals surface area contributed by atoms with Crippen molar-refractivity contribution in [3.05, 3.63) is 102 Å². The first kappa shape index (κ1) is 23.8. The summed E-state index contributed by atoms with van der Waals surface area (Å²) >= 11 is 0. The molecule has 0 unspecified atom stereocenters. The van der Waals surface area contributed by atoms with Crippen LogP contribution in [-0.2, 0) is 0 Å². The van der Waals surface area contributed by atoms with Crippen molar-refractivity contribution in [3.63, 3.8) is 0 Å². The van der Waals surface area contributed by atoms with Crippen molar-refractivity contribution in [3.8, 4) is 22.8 Å². The monoisotopic (exact) mass is 496 g/mol. The number of carbonyl (C=O) groups is 1. The van der Waals surface area contributed by atoms with E-state index < -0.39 is 28.9 Å². The van der Waals surface area contributed by atoms with E-state index in [1.165, 1.54) is 18.3 Å². The number of aromatic nitrogens is 3. The molecule has 35 heavy (non-hydrogen) atoms. The molecule has 0 spiro atoms. The van der Waals surface area contributed by atoms with E-state index in [2.05, 4.69) is 20.3 Å². The van der Waals surface area contributed by atoms with Gasteiger partial charge in [-0.1, -0.05) is 6.07 Å². The molecule has 176 valence electrons. The minimum Gasteiger partial charge on any atom is -0.453 e. The summed E-state index contributed by atoms with van der Waals surface area (Å²) in [4.78, 5) is 23.8. The van der Waals surface area contributed by atoms with Gasteiger partial charge in [0.2, 0.25) is 0 Å².